The van der Waals surface area contributed by atoms with Gasteiger partial charge in [0.25, 0.3) is 5.91 Å². The highest BCUT2D eigenvalue weighted by atomic mass is 16.5. The van der Waals surface area contributed by atoms with Crippen LogP contribution in [-0.4, -0.2) is 47.3 Å². The second-order valence-corrected chi connectivity index (χ2v) is 8.20. The van der Waals surface area contributed by atoms with Crippen LogP contribution in [0.25, 0.3) is 0 Å². The number of imide groups is 1. The van der Waals surface area contributed by atoms with E-state index < -0.39 is 11.5 Å². The van der Waals surface area contributed by atoms with Crippen LogP contribution in [0.1, 0.15) is 66.4 Å². The van der Waals surface area contributed by atoms with Crippen LogP contribution in [0.15, 0.2) is 18.2 Å². The molecule has 7 heteroatoms. The molecule has 29 heavy (non-hydrogen) atoms. The smallest absolute Gasteiger partial charge is 0.325 e. The highest BCUT2D eigenvalue weighted by Crippen LogP contribution is 2.35. The van der Waals surface area contributed by atoms with Crippen molar-refractivity contribution in [2.45, 2.75) is 63.3 Å². The van der Waals surface area contributed by atoms with Gasteiger partial charge < -0.3 is 10.1 Å². The number of rotatable bonds is 7. The number of hydrogen-bond donors (Lipinski definition) is 1. The lowest BCUT2D eigenvalue weighted by atomic mass is 9.98. The molecule has 0 atom stereocenters. The van der Waals surface area contributed by atoms with Crippen molar-refractivity contribution in [1.29, 1.82) is 0 Å². The topological polar surface area (TPSA) is 92.8 Å². The number of fused-ring (bicyclic) bond motifs is 1. The number of urea groups is 1. The van der Waals surface area contributed by atoms with Gasteiger partial charge in [-0.2, -0.15) is 0 Å². The maximum absolute atomic E-state index is 12.5. The molecule has 1 N–H and O–H groups in total. The van der Waals surface area contributed by atoms with Crippen molar-refractivity contribution in [3.05, 3.63) is 34.9 Å². The van der Waals surface area contributed by atoms with E-state index in [1.807, 2.05) is 12.1 Å². The Hall–Kier alpha value is -2.70. The molecule has 1 aromatic rings. The van der Waals surface area contributed by atoms with E-state index in [1.165, 1.54) is 16.0 Å². The molecule has 1 heterocycles. The average Bonchev–Trinajstić information content (AvgIpc) is 3.42. The molecule has 0 bridgehead atoms. The molecule has 154 valence electrons. The van der Waals surface area contributed by atoms with Gasteiger partial charge >= 0.3 is 12.0 Å². The van der Waals surface area contributed by atoms with Gasteiger partial charge in [0.1, 0.15) is 5.54 Å². The number of ether oxygens (including phenoxy) is 1. The van der Waals surface area contributed by atoms with Crippen molar-refractivity contribution in [3.8, 4) is 0 Å². The van der Waals surface area contributed by atoms with Gasteiger partial charge in [0, 0.05) is 18.5 Å². The molecule has 4 rings (SSSR count). The lowest BCUT2D eigenvalue weighted by Gasteiger charge is -2.19. The molecule has 3 amide bonds. The largest absolute Gasteiger partial charge is 0.457 e. The van der Waals surface area contributed by atoms with E-state index in [0.717, 1.165) is 32.1 Å². The zero-order valence-corrected chi connectivity index (χ0v) is 16.5. The van der Waals surface area contributed by atoms with Crippen LogP contribution in [-0.2, 0) is 27.2 Å². The van der Waals surface area contributed by atoms with Crippen molar-refractivity contribution in [2.75, 3.05) is 13.2 Å². The Bertz CT molecular complexity index is 857. The summed E-state index contributed by atoms with van der Waals surface area (Å²) in [6, 6.07) is 5.29. The number of amides is 3. The van der Waals surface area contributed by atoms with Crippen LogP contribution in [0.2, 0.25) is 0 Å². The molecule has 2 aliphatic carbocycles. The maximum Gasteiger partial charge on any atom is 0.325 e. The SMILES string of the molecule is O=C(CCCN1C(=O)NC2(CCCC2)C1=O)OCC(=O)c1ccc2c(c1)CCC2. The zero-order valence-electron chi connectivity index (χ0n) is 16.5. The highest BCUT2D eigenvalue weighted by Gasteiger charge is 2.52. The van der Waals surface area contributed by atoms with Gasteiger partial charge in [0.2, 0.25) is 0 Å². The normalized spacial score (nSPS) is 19.5. The summed E-state index contributed by atoms with van der Waals surface area (Å²) in [7, 11) is 0. The molecule has 1 spiro atoms. The molecular weight excluding hydrogens is 372 g/mol. The summed E-state index contributed by atoms with van der Waals surface area (Å²) in [5, 5.41) is 2.82. The minimum atomic E-state index is -0.722. The van der Waals surface area contributed by atoms with Crippen molar-refractivity contribution in [1.82, 2.24) is 10.2 Å². The number of benzene rings is 1. The summed E-state index contributed by atoms with van der Waals surface area (Å²) in [5.74, 6) is -0.896. The first kappa shape index (κ1) is 19.6. The number of hydrogen-bond acceptors (Lipinski definition) is 5. The van der Waals surface area contributed by atoms with Crippen LogP contribution in [0.5, 0.6) is 0 Å². The number of carbonyl (C=O) groups is 4. The molecule has 1 aromatic carbocycles. The molecule has 0 unspecified atom stereocenters. The number of carbonyl (C=O) groups excluding carboxylic acids is 4. The minimum Gasteiger partial charge on any atom is -0.457 e. The Morgan fingerprint density at radius 1 is 1.07 bits per heavy atom. The zero-order chi connectivity index (χ0) is 20.4. The second kappa shape index (κ2) is 7.97. The summed E-state index contributed by atoms with van der Waals surface area (Å²) < 4.78 is 5.10. The van der Waals surface area contributed by atoms with Crippen molar-refractivity contribution in [2.24, 2.45) is 0 Å². The van der Waals surface area contributed by atoms with Crippen molar-refractivity contribution in [3.63, 3.8) is 0 Å². The van der Waals surface area contributed by atoms with Crippen molar-refractivity contribution < 1.29 is 23.9 Å². The van der Waals surface area contributed by atoms with Gasteiger partial charge in [-0.3, -0.25) is 19.3 Å². The molecule has 3 aliphatic rings. The van der Waals surface area contributed by atoms with Gasteiger partial charge in [-0.05, 0) is 55.7 Å². The third kappa shape index (κ3) is 3.91. The molecule has 2 fully saturated rings. The number of nitrogens with zero attached hydrogens (tertiary/aromatic N) is 1. The summed E-state index contributed by atoms with van der Waals surface area (Å²) in [6.45, 7) is -0.107. The third-order valence-electron chi connectivity index (χ3n) is 6.25. The van der Waals surface area contributed by atoms with E-state index in [0.29, 0.717) is 24.8 Å². The molecule has 0 radical (unpaired) electrons. The van der Waals surface area contributed by atoms with E-state index >= 15 is 0 Å². The molecule has 0 aromatic heterocycles. The predicted octanol–water partition coefficient (Wildman–Crippen LogP) is 2.55. The van der Waals surface area contributed by atoms with Gasteiger partial charge in [-0.25, -0.2) is 4.79 Å². The van der Waals surface area contributed by atoms with Gasteiger partial charge in [0.15, 0.2) is 12.4 Å². The Morgan fingerprint density at radius 3 is 2.62 bits per heavy atom. The number of esters is 1. The lowest BCUT2D eigenvalue weighted by molar-refractivity contribution is -0.143. The first-order valence-electron chi connectivity index (χ1n) is 10.4. The Balaban J connectivity index is 1.21. The van der Waals surface area contributed by atoms with Crippen LogP contribution < -0.4 is 5.32 Å². The van der Waals surface area contributed by atoms with E-state index in [2.05, 4.69) is 5.32 Å². The summed E-state index contributed by atoms with van der Waals surface area (Å²) >= 11 is 0. The number of nitrogens with one attached hydrogen (secondary N) is 1. The number of aryl methyl sites for hydroxylation is 2. The minimum absolute atomic E-state index is 0.0571. The summed E-state index contributed by atoms with van der Waals surface area (Å²) in [4.78, 5) is 50.1. The van der Waals surface area contributed by atoms with Gasteiger partial charge in [0.05, 0.1) is 0 Å². The molecule has 1 saturated heterocycles. The van der Waals surface area contributed by atoms with Crippen LogP contribution >= 0.6 is 0 Å². The fourth-order valence-corrected chi connectivity index (χ4v) is 4.63. The molecular formula is C22H26N2O5. The van der Waals surface area contributed by atoms with E-state index in [-0.39, 0.29) is 37.3 Å². The number of ketones is 1. The Kier molecular flexibility index (Phi) is 5.39. The summed E-state index contributed by atoms with van der Waals surface area (Å²) in [6.07, 6.45) is 6.76. The Morgan fingerprint density at radius 2 is 1.83 bits per heavy atom. The van der Waals surface area contributed by atoms with Gasteiger partial charge in [-0.15, -0.1) is 0 Å². The molecule has 1 aliphatic heterocycles. The third-order valence-corrected chi connectivity index (χ3v) is 6.25. The van der Waals surface area contributed by atoms with Crippen molar-refractivity contribution >= 4 is 23.7 Å². The van der Waals surface area contributed by atoms with Crippen LogP contribution in [0.4, 0.5) is 4.79 Å². The molecule has 7 nitrogen and oxygen atoms in total. The van der Waals surface area contributed by atoms with E-state index in [4.69, 9.17) is 4.74 Å². The van der Waals surface area contributed by atoms with E-state index in [1.54, 1.807) is 6.07 Å². The summed E-state index contributed by atoms with van der Waals surface area (Å²) in [5.41, 5.74) is 2.34. The first-order chi connectivity index (χ1) is 14.0. The standard InChI is InChI=1S/C22H26N2O5/c25-18(17-9-8-15-5-3-6-16(15)13-17)14-29-19(26)7-4-12-24-20(27)22(23-21(24)28)10-1-2-11-22/h8-9,13H,1-7,10-12,14H2,(H,23,28). The first-order valence-corrected chi connectivity index (χ1v) is 10.4. The predicted molar refractivity (Wildman–Crippen MR) is 104 cm³/mol. The molecule has 1 saturated carbocycles. The average molecular weight is 398 g/mol. The van der Waals surface area contributed by atoms with Gasteiger partial charge in [-0.1, -0.05) is 25.0 Å². The monoisotopic (exact) mass is 398 g/mol. The fourth-order valence-electron chi connectivity index (χ4n) is 4.63. The fraction of sp³-hybridized carbons (Fsp3) is 0.545. The highest BCUT2D eigenvalue weighted by molar-refractivity contribution is 6.07. The Labute approximate surface area is 169 Å². The van der Waals surface area contributed by atoms with E-state index in [9.17, 15) is 19.2 Å². The van der Waals surface area contributed by atoms with Crippen LogP contribution in [0.3, 0.4) is 0 Å². The number of Topliss-reactive ketones (excluding diaryl/α,β-unsaturated/α-hetero) is 1. The lowest BCUT2D eigenvalue weighted by Crippen LogP contribution is -2.44. The second-order valence-electron chi connectivity index (χ2n) is 8.20. The maximum atomic E-state index is 12.5. The quantitative estimate of drug-likeness (QED) is 0.433. The van der Waals surface area contributed by atoms with Crippen LogP contribution in [0, 0.1) is 0 Å².